The largest absolute Gasteiger partial charge is 0.304 e. The Balaban J connectivity index is 1.81. The summed E-state index contributed by atoms with van der Waals surface area (Å²) in [7, 11) is 6.36. The molecule has 1 atom stereocenters. The number of nitrogens with zero attached hydrogens (tertiary/aromatic N) is 3. The zero-order chi connectivity index (χ0) is 19.1. The van der Waals surface area contributed by atoms with E-state index in [1.54, 1.807) is 0 Å². The molecule has 0 fully saturated rings. The molecule has 1 heterocycles. The van der Waals surface area contributed by atoms with E-state index in [0.29, 0.717) is 11.8 Å². The molecular formula is C23H35N3. The van der Waals surface area contributed by atoms with Gasteiger partial charge in [-0.3, -0.25) is 4.98 Å². The van der Waals surface area contributed by atoms with Crippen molar-refractivity contribution in [3.63, 3.8) is 0 Å². The van der Waals surface area contributed by atoms with E-state index >= 15 is 0 Å². The van der Waals surface area contributed by atoms with Crippen LogP contribution in [0.3, 0.4) is 0 Å². The lowest BCUT2D eigenvalue weighted by Crippen LogP contribution is -2.20. The van der Waals surface area contributed by atoms with Crippen molar-refractivity contribution in [2.75, 3.05) is 27.7 Å². The second kappa shape index (κ2) is 9.84. The third-order valence-electron chi connectivity index (χ3n) is 4.94. The first-order valence-corrected chi connectivity index (χ1v) is 9.72. The van der Waals surface area contributed by atoms with Crippen LogP contribution in [0, 0.1) is 0 Å². The molecule has 1 aromatic heterocycles. The normalized spacial score (nSPS) is 13.0. The van der Waals surface area contributed by atoms with Gasteiger partial charge in [-0.25, -0.2) is 0 Å². The molecule has 0 bridgehead atoms. The Labute approximate surface area is 160 Å². The van der Waals surface area contributed by atoms with Gasteiger partial charge >= 0.3 is 0 Å². The highest BCUT2D eigenvalue weighted by Gasteiger charge is 2.09. The van der Waals surface area contributed by atoms with Crippen molar-refractivity contribution in [3.8, 4) is 0 Å². The second-order valence-electron chi connectivity index (χ2n) is 8.14. The molecule has 0 N–H and O–H groups in total. The van der Waals surface area contributed by atoms with Gasteiger partial charge in [-0.05, 0) is 68.7 Å². The molecule has 2 aromatic rings. The van der Waals surface area contributed by atoms with Crippen LogP contribution in [-0.4, -0.2) is 42.5 Å². The fourth-order valence-corrected chi connectivity index (χ4v) is 3.12. The Kier molecular flexibility index (Phi) is 7.80. The summed E-state index contributed by atoms with van der Waals surface area (Å²) in [6, 6.07) is 13.5. The highest BCUT2D eigenvalue weighted by Crippen LogP contribution is 2.20. The summed E-state index contributed by atoms with van der Waals surface area (Å²) >= 11 is 0. The van der Waals surface area contributed by atoms with E-state index in [9.17, 15) is 0 Å². The van der Waals surface area contributed by atoms with Crippen LogP contribution in [0.25, 0.3) is 0 Å². The molecule has 0 amide bonds. The minimum Gasteiger partial charge on any atom is -0.304 e. The van der Waals surface area contributed by atoms with Gasteiger partial charge in [-0.15, -0.1) is 0 Å². The van der Waals surface area contributed by atoms with Gasteiger partial charge in [-0.1, -0.05) is 51.1 Å². The molecule has 0 radical (unpaired) electrons. The molecule has 2 rings (SSSR count). The molecule has 3 heteroatoms. The van der Waals surface area contributed by atoms with Crippen LogP contribution in [0.4, 0.5) is 0 Å². The molecule has 142 valence electrons. The molecule has 3 nitrogen and oxygen atoms in total. The number of rotatable bonds is 9. The number of hydrogen-bond donors (Lipinski definition) is 0. The van der Waals surface area contributed by atoms with E-state index in [4.69, 9.17) is 0 Å². The fourth-order valence-electron chi connectivity index (χ4n) is 3.12. The van der Waals surface area contributed by atoms with Gasteiger partial charge < -0.3 is 9.80 Å². The maximum Gasteiger partial charge on any atom is 0.0543 e. The number of aromatic nitrogens is 1. The van der Waals surface area contributed by atoms with Crippen molar-refractivity contribution in [1.29, 1.82) is 0 Å². The lowest BCUT2D eigenvalue weighted by Gasteiger charge is -2.20. The molecule has 26 heavy (non-hydrogen) atoms. The van der Waals surface area contributed by atoms with Crippen LogP contribution in [0.15, 0.2) is 42.6 Å². The summed E-state index contributed by atoms with van der Waals surface area (Å²) in [6.45, 7) is 9.77. The molecule has 0 aliphatic carbocycles. The summed E-state index contributed by atoms with van der Waals surface area (Å²) in [5.41, 5.74) is 5.27. The number of benzene rings is 1. The van der Waals surface area contributed by atoms with E-state index < -0.39 is 0 Å². The van der Waals surface area contributed by atoms with Crippen molar-refractivity contribution < 1.29 is 0 Å². The predicted octanol–water partition coefficient (Wildman–Crippen LogP) is 4.89. The smallest absolute Gasteiger partial charge is 0.0543 e. The Morgan fingerprint density at radius 1 is 0.846 bits per heavy atom. The summed E-state index contributed by atoms with van der Waals surface area (Å²) in [5.74, 6) is 1.13. The van der Waals surface area contributed by atoms with Gasteiger partial charge in [0.15, 0.2) is 0 Å². The molecule has 1 unspecified atom stereocenters. The van der Waals surface area contributed by atoms with Crippen LogP contribution in [0.1, 0.15) is 61.4 Å². The molecule has 0 aliphatic rings. The second-order valence-corrected chi connectivity index (χ2v) is 8.14. The Morgan fingerprint density at radius 2 is 1.50 bits per heavy atom. The lowest BCUT2D eigenvalue weighted by molar-refractivity contribution is 0.313. The minimum absolute atomic E-state index is 0.529. The van der Waals surface area contributed by atoms with Crippen molar-refractivity contribution in [2.45, 2.75) is 52.1 Å². The highest BCUT2D eigenvalue weighted by molar-refractivity contribution is 5.24. The average molecular weight is 354 g/mol. The van der Waals surface area contributed by atoms with E-state index in [2.05, 4.69) is 93.1 Å². The van der Waals surface area contributed by atoms with E-state index in [0.717, 1.165) is 31.7 Å². The molecule has 0 saturated carbocycles. The summed E-state index contributed by atoms with van der Waals surface area (Å²) < 4.78 is 0. The van der Waals surface area contributed by atoms with E-state index in [1.165, 1.54) is 16.7 Å². The fraction of sp³-hybridized carbons (Fsp3) is 0.522. The predicted molar refractivity (Wildman–Crippen MR) is 112 cm³/mol. The lowest BCUT2D eigenvalue weighted by atomic mass is 9.99. The maximum atomic E-state index is 4.60. The van der Waals surface area contributed by atoms with Crippen LogP contribution < -0.4 is 0 Å². The third-order valence-corrected chi connectivity index (χ3v) is 4.94. The highest BCUT2D eigenvalue weighted by atomic mass is 15.1. The standard InChI is InChI=1S/C23H35N3/c1-18(2)21-9-7-20(8-10-21)16-26(6)14-13-19(3)22-11-12-23(24-15-22)17-25(4)5/h7-12,15,18-19H,13-14,16-17H2,1-6H3. The van der Waals surface area contributed by atoms with Crippen molar-refractivity contribution in [2.24, 2.45) is 0 Å². The topological polar surface area (TPSA) is 19.4 Å². The van der Waals surface area contributed by atoms with Crippen LogP contribution in [-0.2, 0) is 13.1 Å². The molecular weight excluding hydrogens is 318 g/mol. The van der Waals surface area contributed by atoms with E-state index in [-0.39, 0.29) is 0 Å². The number of pyridine rings is 1. The first kappa shape index (κ1) is 20.6. The quantitative estimate of drug-likeness (QED) is 0.640. The zero-order valence-electron chi connectivity index (χ0n) is 17.4. The Morgan fingerprint density at radius 3 is 2.04 bits per heavy atom. The minimum atomic E-state index is 0.529. The van der Waals surface area contributed by atoms with Crippen molar-refractivity contribution in [1.82, 2.24) is 14.8 Å². The van der Waals surface area contributed by atoms with Gasteiger partial charge in [0.1, 0.15) is 0 Å². The Hall–Kier alpha value is -1.71. The summed E-state index contributed by atoms with van der Waals surface area (Å²) in [4.78, 5) is 9.16. The summed E-state index contributed by atoms with van der Waals surface area (Å²) in [5, 5.41) is 0. The zero-order valence-corrected chi connectivity index (χ0v) is 17.4. The van der Waals surface area contributed by atoms with Gasteiger partial charge in [0.05, 0.1) is 5.69 Å². The SMILES string of the molecule is CC(C)c1ccc(CN(C)CCC(C)c2ccc(CN(C)C)nc2)cc1. The van der Waals surface area contributed by atoms with E-state index in [1.807, 2.05) is 6.20 Å². The molecule has 0 aliphatic heterocycles. The molecule has 0 spiro atoms. The monoisotopic (exact) mass is 353 g/mol. The first-order chi connectivity index (χ1) is 12.3. The van der Waals surface area contributed by atoms with Gasteiger partial charge in [-0.2, -0.15) is 0 Å². The molecule has 1 aromatic carbocycles. The van der Waals surface area contributed by atoms with Crippen LogP contribution in [0.5, 0.6) is 0 Å². The average Bonchev–Trinajstić information content (AvgIpc) is 2.60. The number of hydrogen-bond acceptors (Lipinski definition) is 3. The van der Waals surface area contributed by atoms with Crippen molar-refractivity contribution >= 4 is 0 Å². The Bertz CT molecular complexity index is 644. The van der Waals surface area contributed by atoms with Crippen LogP contribution >= 0.6 is 0 Å². The van der Waals surface area contributed by atoms with Gasteiger partial charge in [0, 0.05) is 19.3 Å². The van der Waals surface area contributed by atoms with Gasteiger partial charge in [0.2, 0.25) is 0 Å². The third kappa shape index (κ3) is 6.54. The molecule has 0 saturated heterocycles. The van der Waals surface area contributed by atoms with Crippen molar-refractivity contribution in [3.05, 3.63) is 65.0 Å². The summed E-state index contributed by atoms with van der Waals surface area (Å²) in [6.07, 6.45) is 3.20. The maximum absolute atomic E-state index is 4.60. The first-order valence-electron chi connectivity index (χ1n) is 9.72. The van der Waals surface area contributed by atoms with Crippen LogP contribution in [0.2, 0.25) is 0 Å². The van der Waals surface area contributed by atoms with Gasteiger partial charge in [0.25, 0.3) is 0 Å².